The van der Waals surface area contributed by atoms with Crippen molar-refractivity contribution in [2.75, 3.05) is 7.11 Å². The summed E-state index contributed by atoms with van der Waals surface area (Å²) in [7, 11) is 1.68. The molecular formula is C12H18N2O3. The van der Waals surface area contributed by atoms with Crippen LogP contribution in [0.4, 0.5) is 0 Å². The molecule has 0 N–H and O–H groups in total. The molecule has 1 saturated heterocycles. The predicted molar refractivity (Wildman–Crippen MR) is 62.8 cm³/mol. The topological polar surface area (TPSA) is 53.4 Å². The first-order chi connectivity index (χ1) is 8.15. The number of nitrogens with zero attached hydrogens (tertiary/aromatic N) is 2. The zero-order valence-corrected chi connectivity index (χ0v) is 10.4. The van der Waals surface area contributed by atoms with Crippen molar-refractivity contribution in [3.05, 3.63) is 28.4 Å². The van der Waals surface area contributed by atoms with Gasteiger partial charge in [-0.3, -0.25) is 4.57 Å². The number of hydrogen-bond donors (Lipinski definition) is 0. The molecule has 17 heavy (non-hydrogen) atoms. The van der Waals surface area contributed by atoms with Crippen molar-refractivity contribution in [1.82, 2.24) is 9.55 Å². The molecule has 3 atom stereocenters. The van der Waals surface area contributed by atoms with E-state index in [9.17, 15) is 4.79 Å². The molecule has 5 heteroatoms. The number of methoxy groups -OCH3 is 1. The van der Waals surface area contributed by atoms with Crippen molar-refractivity contribution < 1.29 is 9.47 Å². The normalized spacial score (nSPS) is 28.5. The predicted octanol–water partition coefficient (Wildman–Crippen LogP) is 1.26. The quantitative estimate of drug-likeness (QED) is 0.795. The fraction of sp³-hybridized carbons (Fsp3) is 0.667. The van der Waals surface area contributed by atoms with Crippen LogP contribution in [0.3, 0.4) is 0 Å². The van der Waals surface area contributed by atoms with Crippen molar-refractivity contribution in [2.45, 2.75) is 45.1 Å². The standard InChI is InChI=1S/C12H18N2O3/c1-4-9-10(16-3)7-11(17-9)14-6-5-8(2)13-12(14)15/h5-6,9-11H,4,7H2,1-3H3/t9-,10?,11-/m1/s1. The molecule has 0 bridgehead atoms. The third-order valence-electron chi connectivity index (χ3n) is 3.17. The Morgan fingerprint density at radius 2 is 2.41 bits per heavy atom. The van der Waals surface area contributed by atoms with E-state index in [1.54, 1.807) is 20.2 Å². The van der Waals surface area contributed by atoms with Crippen LogP contribution in [-0.2, 0) is 9.47 Å². The van der Waals surface area contributed by atoms with Crippen molar-refractivity contribution >= 4 is 0 Å². The molecule has 1 fully saturated rings. The number of aromatic nitrogens is 2. The van der Waals surface area contributed by atoms with Crippen LogP contribution < -0.4 is 5.69 Å². The van der Waals surface area contributed by atoms with E-state index in [1.807, 2.05) is 6.07 Å². The summed E-state index contributed by atoms with van der Waals surface area (Å²) in [5.41, 5.74) is 0.459. The van der Waals surface area contributed by atoms with Gasteiger partial charge < -0.3 is 9.47 Å². The van der Waals surface area contributed by atoms with Gasteiger partial charge in [0.05, 0.1) is 12.2 Å². The van der Waals surface area contributed by atoms with E-state index < -0.39 is 0 Å². The van der Waals surface area contributed by atoms with Crippen molar-refractivity contribution in [2.24, 2.45) is 0 Å². The lowest BCUT2D eigenvalue weighted by atomic mass is 10.1. The molecule has 0 radical (unpaired) electrons. The number of aryl methyl sites for hydroxylation is 1. The van der Waals surface area contributed by atoms with Crippen LogP contribution in [0.2, 0.25) is 0 Å². The van der Waals surface area contributed by atoms with E-state index in [2.05, 4.69) is 11.9 Å². The largest absolute Gasteiger partial charge is 0.379 e. The summed E-state index contributed by atoms with van der Waals surface area (Å²) in [6.45, 7) is 3.85. The molecule has 0 aliphatic carbocycles. The van der Waals surface area contributed by atoms with Crippen LogP contribution in [-0.4, -0.2) is 28.9 Å². The molecule has 94 valence electrons. The molecule has 0 spiro atoms. The molecule has 1 unspecified atom stereocenters. The Labute approximate surface area is 100 Å². The molecule has 2 heterocycles. The van der Waals surface area contributed by atoms with Crippen LogP contribution >= 0.6 is 0 Å². The summed E-state index contributed by atoms with van der Waals surface area (Å²) in [5.74, 6) is 0. The Morgan fingerprint density at radius 3 is 2.94 bits per heavy atom. The lowest BCUT2D eigenvalue weighted by Gasteiger charge is -2.15. The molecule has 1 aromatic rings. The average molecular weight is 238 g/mol. The fourth-order valence-electron chi connectivity index (χ4n) is 2.20. The highest BCUT2D eigenvalue weighted by molar-refractivity contribution is 4.97. The second kappa shape index (κ2) is 4.98. The first-order valence-electron chi connectivity index (χ1n) is 5.89. The summed E-state index contributed by atoms with van der Waals surface area (Å²) < 4.78 is 12.7. The molecule has 1 aliphatic heterocycles. The Morgan fingerprint density at radius 1 is 1.65 bits per heavy atom. The van der Waals surface area contributed by atoms with E-state index in [0.29, 0.717) is 6.42 Å². The SMILES string of the molecule is CC[C@H]1O[C@@H](n2ccc(C)nc2=O)CC1OC. The summed E-state index contributed by atoms with van der Waals surface area (Å²) >= 11 is 0. The Hall–Kier alpha value is -1.20. The second-order valence-corrected chi connectivity index (χ2v) is 4.31. The van der Waals surface area contributed by atoms with Gasteiger partial charge in [0.2, 0.25) is 0 Å². The maximum absolute atomic E-state index is 11.7. The van der Waals surface area contributed by atoms with Gasteiger partial charge in [-0.15, -0.1) is 0 Å². The highest BCUT2D eigenvalue weighted by Crippen LogP contribution is 2.30. The zero-order valence-electron chi connectivity index (χ0n) is 10.4. The molecule has 5 nitrogen and oxygen atoms in total. The lowest BCUT2D eigenvalue weighted by molar-refractivity contribution is -0.0301. The zero-order chi connectivity index (χ0) is 12.4. The van der Waals surface area contributed by atoms with E-state index >= 15 is 0 Å². The van der Waals surface area contributed by atoms with Crippen LogP contribution in [0.5, 0.6) is 0 Å². The van der Waals surface area contributed by atoms with Gasteiger partial charge in [-0.2, -0.15) is 4.98 Å². The Balaban J connectivity index is 2.22. The summed E-state index contributed by atoms with van der Waals surface area (Å²) in [4.78, 5) is 15.7. The summed E-state index contributed by atoms with van der Waals surface area (Å²) in [6, 6.07) is 1.81. The van der Waals surface area contributed by atoms with E-state index in [-0.39, 0.29) is 24.1 Å². The molecule has 0 saturated carbocycles. The fourth-order valence-corrected chi connectivity index (χ4v) is 2.20. The monoisotopic (exact) mass is 238 g/mol. The van der Waals surface area contributed by atoms with Crippen LogP contribution in [0.25, 0.3) is 0 Å². The van der Waals surface area contributed by atoms with Gasteiger partial charge in [0, 0.05) is 25.4 Å². The van der Waals surface area contributed by atoms with Gasteiger partial charge >= 0.3 is 5.69 Å². The highest BCUT2D eigenvalue weighted by Gasteiger charge is 2.35. The molecular weight excluding hydrogens is 220 g/mol. The van der Waals surface area contributed by atoms with Crippen LogP contribution in [0.15, 0.2) is 17.1 Å². The molecule has 2 rings (SSSR count). The van der Waals surface area contributed by atoms with E-state index in [4.69, 9.17) is 9.47 Å². The van der Waals surface area contributed by atoms with Gasteiger partial charge in [0.15, 0.2) is 0 Å². The Kier molecular flexibility index (Phi) is 3.59. The van der Waals surface area contributed by atoms with Crippen molar-refractivity contribution in [1.29, 1.82) is 0 Å². The maximum atomic E-state index is 11.7. The third-order valence-corrected chi connectivity index (χ3v) is 3.17. The van der Waals surface area contributed by atoms with Crippen molar-refractivity contribution in [3.8, 4) is 0 Å². The number of hydrogen-bond acceptors (Lipinski definition) is 4. The smallest absolute Gasteiger partial charge is 0.349 e. The minimum Gasteiger partial charge on any atom is -0.379 e. The van der Waals surface area contributed by atoms with E-state index in [0.717, 1.165) is 12.1 Å². The first-order valence-corrected chi connectivity index (χ1v) is 5.89. The van der Waals surface area contributed by atoms with Crippen LogP contribution in [0, 0.1) is 6.92 Å². The Bertz CT molecular complexity index is 432. The van der Waals surface area contributed by atoms with Gasteiger partial charge in [0.25, 0.3) is 0 Å². The van der Waals surface area contributed by atoms with Gasteiger partial charge in [-0.05, 0) is 19.4 Å². The van der Waals surface area contributed by atoms with E-state index in [1.165, 1.54) is 4.57 Å². The molecule has 0 aromatic carbocycles. The summed E-state index contributed by atoms with van der Waals surface area (Å²) in [5, 5.41) is 0. The second-order valence-electron chi connectivity index (χ2n) is 4.31. The van der Waals surface area contributed by atoms with Gasteiger partial charge in [-0.1, -0.05) is 6.92 Å². The number of rotatable bonds is 3. The lowest BCUT2D eigenvalue weighted by Crippen LogP contribution is -2.27. The maximum Gasteiger partial charge on any atom is 0.349 e. The minimum absolute atomic E-state index is 0.0539. The third kappa shape index (κ3) is 2.40. The first kappa shape index (κ1) is 12.3. The van der Waals surface area contributed by atoms with Gasteiger partial charge in [-0.25, -0.2) is 4.79 Å². The highest BCUT2D eigenvalue weighted by atomic mass is 16.6. The summed E-state index contributed by atoms with van der Waals surface area (Å²) in [6.07, 6.45) is 3.16. The van der Waals surface area contributed by atoms with Crippen LogP contribution in [0.1, 0.15) is 31.7 Å². The van der Waals surface area contributed by atoms with Crippen molar-refractivity contribution in [3.63, 3.8) is 0 Å². The molecule has 1 aromatic heterocycles. The molecule has 0 amide bonds. The average Bonchev–Trinajstić information content (AvgIpc) is 2.72. The van der Waals surface area contributed by atoms with Gasteiger partial charge in [0.1, 0.15) is 6.23 Å². The molecule has 1 aliphatic rings. The number of ether oxygens (including phenoxy) is 2. The minimum atomic E-state index is -0.262.